The van der Waals surface area contributed by atoms with E-state index < -0.39 is 5.54 Å². The molecule has 1 N–H and O–H groups in total. The standard InChI is InChI=1S/C16H19FN2O2/c1-11-4-5-12(17)10-13(11)19-9-6-14(20)18-16(15(19)21)7-2-3-8-16/h4-5,10H,2-3,6-9H2,1H3,(H,18,20). The molecule has 2 amide bonds. The van der Waals surface area contributed by atoms with Crippen LogP contribution in [0.2, 0.25) is 0 Å². The highest BCUT2D eigenvalue weighted by atomic mass is 19.1. The van der Waals surface area contributed by atoms with Crippen molar-refractivity contribution < 1.29 is 14.0 Å². The summed E-state index contributed by atoms with van der Waals surface area (Å²) in [5.74, 6) is -0.561. The zero-order valence-electron chi connectivity index (χ0n) is 12.1. The number of nitrogens with one attached hydrogen (secondary N) is 1. The average molecular weight is 290 g/mol. The van der Waals surface area contributed by atoms with E-state index in [9.17, 15) is 14.0 Å². The van der Waals surface area contributed by atoms with Gasteiger partial charge in [0.15, 0.2) is 0 Å². The van der Waals surface area contributed by atoms with Crippen LogP contribution in [0.1, 0.15) is 37.7 Å². The van der Waals surface area contributed by atoms with Gasteiger partial charge in [0.2, 0.25) is 5.91 Å². The van der Waals surface area contributed by atoms with Crippen LogP contribution in [0.3, 0.4) is 0 Å². The van der Waals surface area contributed by atoms with Crippen molar-refractivity contribution in [1.82, 2.24) is 5.32 Å². The summed E-state index contributed by atoms with van der Waals surface area (Å²) in [6.45, 7) is 2.15. The van der Waals surface area contributed by atoms with E-state index in [1.165, 1.54) is 12.1 Å². The predicted molar refractivity (Wildman–Crippen MR) is 77.4 cm³/mol. The Kier molecular flexibility index (Phi) is 3.43. The van der Waals surface area contributed by atoms with Crippen molar-refractivity contribution in [1.29, 1.82) is 0 Å². The normalized spacial score (nSPS) is 21.5. The molecule has 0 bridgehead atoms. The van der Waals surface area contributed by atoms with Gasteiger partial charge in [0.05, 0.1) is 0 Å². The number of aryl methyl sites for hydroxylation is 1. The Morgan fingerprint density at radius 2 is 1.95 bits per heavy atom. The lowest BCUT2D eigenvalue weighted by molar-refractivity contribution is -0.129. The van der Waals surface area contributed by atoms with Gasteiger partial charge < -0.3 is 10.2 Å². The minimum Gasteiger partial charge on any atom is -0.342 e. The highest BCUT2D eigenvalue weighted by molar-refractivity contribution is 6.04. The molecule has 2 fully saturated rings. The second-order valence-electron chi connectivity index (χ2n) is 5.97. The molecule has 0 unspecified atom stereocenters. The van der Waals surface area contributed by atoms with Crippen LogP contribution in [0.25, 0.3) is 0 Å². The van der Waals surface area contributed by atoms with Gasteiger partial charge in [-0.3, -0.25) is 9.59 Å². The fourth-order valence-electron chi connectivity index (χ4n) is 3.38. The van der Waals surface area contributed by atoms with Gasteiger partial charge in [-0.2, -0.15) is 0 Å². The molecule has 1 aromatic carbocycles. The van der Waals surface area contributed by atoms with Gasteiger partial charge in [-0.1, -0.05) is 18.9 Å². The first-order valence-electron chi connectivity index (χ1n) is 7.41. The average Bonchev–Trinajstić information content (AvgIpc) is 2.87. The van der Waals surface area contributed by atoms with Crippen LogP contribution in [0.5, 0.6) is 0 Å². The van der Waals surface area contributed by atoms with Crippen LogP contribution < -0.4 is 10.2 Å². The molecule has 1 saturated heterocycles. The Morgan fingerprint density at radius 3 is 2.67 bits per heavy atom. The van der Waals surface area contributed by atoms with Gasteiger partial charge >= 0.3 is 0 Å². The third kappa shape index (κ3) is 2.41. The zero-order chi connectivity index (χ0) is 15.0. The molecule has 112 valence electrons. The number of carbonyl (C=O) groups excluding carboxylic acids is 2. The molecule has 1 aliphatic carbocycles. The molecule has 4 nitrogen and oxygen atoms in total. The lowest BCUT2D eigenvalue weighted by Crippen LogP contribution is -2.55. The Hall–Kier alpha value is -1.91. The number of hydrogen-bond acceptors (Lipinski definition) is 2. The van der Waals surface area contributed by atoms with Gasteiger partial charge in [0, 0.05) is 18.7 Å². The third-order valence-corrected chi connectivity index (χ3v) is 4.51. The molecular formula is C16H19FN2O2. The maximum Gasteiger partial charge on any atom is 0.252 e. The smallest absolute Gasteiger partial charge is 0.252 e. The molecule has 3 rings (SSSR count). The summed E-state index contributed by atoms with van der Waals surface area (Å²) in [5.41, 5.74) is 0.627. The Balaban J connectivity index is 2.02. The van der Waals surface area contributed by atoms with E-state index in [-0.39, 0.29) is 24.1 Å². The molecule has 1 saturated carbocycles. The largest absolute Gasteiger partial charge is 0.342 e. The third-order valence-electron chi connectivity index (χ3n) is 4.51. The van der Waals surface area contributed by atoms with Gasteiger partial charge in [-0.15, -0.1) is 0 Å². The second-order valence-corrected chi connectivity index (χ2v) is 5.97. The van der Waals surface area contributed by atoms with E-state index >= 15 is 0 Å². The number of amides is 2. The number of halogens is 1. The minimum absolute atomic E-state index is 0.0955. The zero-order valence-corrected chi connectivity index (χ0v) is 12.1. The second kappa shape index (κ2) is 5.13. The van der Waals surface area contributed by atoms with Crippen molar-refractivity contribution in [3.8, 4) is 0 Å². The maximum atomic E-state index is 13.6. The summed E-state index contributed by atoms with van der Waals surface area (Å²) >= 11 is 0. The van der Waals surface area contributed by atoms with Crippen molar-refractivity contribution in [3.05, 3.63) is 29.6 Å². The number of nitrogens with zero attached hydrogens (tertiary/aromatic N) is 1. The van der Waals surface area contributed by atoms with Gasteiger partial charge in [-0.05, 0) is 37.5 Å². The SMILES string of the molecule is Cc1ccc(F)cc1N1CCC(=O)NC2(CCCC2)C1=O. The molecule has 5 heteroatoms. The van der Waals surface area contributed by atoms with E-state index in [0.29, 0.717) is 25.1 Å². The van der Waals surface area contributed by atoms with Crippen LogP contribution >= 0.6 is 0 Å². The predicted octanol–water partition coefficient (Wildman–Crippen LogP) is 2.30. The topological polar surface area (TPSA) is 49.4 Å². The molecule has 21 heavy (non-hydrogen) atoms. The first-order chi connectivity index (χ1) is 10.0. The maximum absolute atomic E-state index is 13.6. The number of hydrogen-bond donors (Lipinski definition) is 1. The summed E-state index contributed by atoms with van der Waals surface area (Å²) in [4.78, 5) is 26.5. The number of anilines is 1. The van der Waals surface area contributed by atoms with Gasteiger partial charge in [0.25, 0.3) is 5.91 Å². The van der Waals surface area contributed by atoms with Crippen LogP contribution in [0, 0.1) is 12.7 Å². The minimum atomic E-state index is -0.785. The highest BCUT2D eigenvalue weighted by Gasteiger charge is 2.46. The first kappa shape index (κ1) is 14.0. The van der Waals surface area contributed by atoms with Crippen LogP contribution in [0.15, 0.2) is 18.2 Å². The molecule has 2 aliphatic rings. The molecule has 0 aromatic heterocycles. The molecule has 1 spiro atoms. The fraction of sp³-hybridized carbons (Fsp3) is 0.500. The lowest BCUT2D eigenvalue weighted by Gasteiger charge is -2.32. The molecule has 1 heterocycles. The van der Waals surface area contributed by atoms with E-state index in [1.54, 1.807) is 11.0 Å². The van der Waals surface area contributed by atoms with E-state index in [2.05, 4.69) is 5.32 Å². The number of benzene rings is 1. The number of carbonyl (C=O) groups is 2. The van der Waals surface area contributed by atoms with Crippen molar-refractivity contribution in [2.45, 2.75) is 44.6 Å². The van der Waals surface area contributed by atoms with Crippen molar-refractivity contribution in [2.24, 2.45) is 0 Å². The molecule has 1 aromatic rings. The number of rotatable bonds is 1. The Labute approximate surface area is 123 Å². The van der Waals surface area contributed by atoms with E-state index in [1.807, 2.05) is 6.92 Å². The van der Waals surface area contributed by atoms with Gasteiger partial charge in [0.1, 0.15) is 11.4 Å². The summed E-state index contributed by atoms with van der Waals surface area (Å²) in [6.07, 6.45) is 3.46. The molecule has 1 aliphatic heterocycles. The fourth-order valence-corrected chi connectivity index (χ4v) is 3.38. The molecule has 0 atom stereocenters. The highest BCUT2D eigenvalue weighted by Crippen LogP contribution is 2.35. The molecular weight excluding hydrogens is 271 g/mol. The van der Waals surface area contributed by atoms with Crippen molar-refractivity contribution in [2.75, 3.05) is 11.4 Å². The first-order valence-corrected chi connectivity index (χ1v) is 7.41. The lowest BCUT2D eigenvalue weighted by atomic mass is 9.95. The summed E-state index contributed by atoms with van der Waals surface area (Å²) in [6, 6.07) is 4.43. The van der Waals surface area contributed by atoms with E-state index in [0.717, 1.165) is 18.4 Å². The molecule has 0 radical (unpaired) electrons. The monoisotopic (exact) mass is 290 g/mol. The Morgan fingerprint density at radius 1 is 1.24 bits per heavy atom. The van der Waals surface area contributed by atoms with E-state index in [4.69, 9.17) is 0 Å². The van der Waals surface area contributed by atoms with Crippen LogP contribution in [-0.2, 0) is 9.59 Å². The quantitative estimate of drug-likeness (QED) is 0.863. The van der Waals surface area contributed by atoms with Gasteiger partial charge in [-0.25, -0.2) is 4.39 Å². The van der Waals surface area contributed by atoms with Crippen molar-refractivity contribution >= 4 is 17.5 Å². The van der Waals surface area contributed by atoms with Crippen LogP contribution in [-0.4, -0.2) is 23.9 Å². The summed E-state index contributed by atoms with van der Waals surface area (Å²) in [5, 5.41) is 2.91. The summed E-state index contributed by atoms with van der Waals surface area (Å²) < 4.78 is 13.6. The van der Waals surface area contributed by atoms with Crippen LogP contribution in [0.4, 0.5) is 10.1 Å². The van der Waals surface area contributed by atoms with Crippen molar-refractivity contribution in [3.63, 3.8) is 0 Å². The summed E-state index contributed by atoms with van der Waals surface area (Å²) in [7, 11) is 0. The Bertz CT molecular complexity index is 594.